The third kappa shape index (κ3) is 4.01. The first kappa shape index (κ1) is 27.4. The molecule has 1 aromatic heterocycles. The van der Waals surface area contributed by atoms with E-state index < -0.39 is 29.1 Å². The van der Waals surface area contributed by atoms with Crippen molar-refractivity contribution in [3.63, 3.8) is 0 Å². The Morgan fingerprint density at radius 1 is 1.11 bits per heavy atom. The SMILES string of the molecule is COc1ccc2c(c1)[C@]1(C[C@H]1c1ccc3c(Nc4cccc5c4OCC5=O)nn(C(=O)OC(C)(C)C)c3c1)C(=O)N2C(=O)O. The van der Waals surface area contributed by atoms with Crippen molar-refractivity contribution in [3.8, 4) is 11.5 Å². The van der Waals surface area contributed by atoms with E-state index in [1.54, 1.807) is 69.3 Å². The summed E-state index contributed by atoms with van der Waals surface area (Å²) in [5, 5.41) is 18.2. The number of carbonyl (C=O) groups excluding carboxylic acids is 3. The van der Waals surface area contributed by atoms with Crippen molar-refractivity contribution in [2.24, 2.45) is 0 Å². The standard InChI is InChI=1S/C32H28N4O8/c1-31(2,3)44-30(41)36-24-12-16(8-10-18(24)27(34-36)33-22-7-5-6-19-25(37)15-43-26(19)22)21-14-32(21)20-13-17(42-4)9-11-23(20)35(28(32)38)29(39)40/h5-13,21H,14-15H2,1-4H3,(H,33,34)(H,39,40)/t21-,32-/m0/s1. The van der Waals surface area contributed by atoms with Crippen molar-refractivity contribution in [3.05, 3.63) is 71.3 Å². The molecule has 0 bridgehead atoms. The molecule has 3 aromatic carbocycles. The largest absolute Gasteiger partial charge is 0.497 e. The zero-order valence-electron chi connectivity index (χ0n) is 24.3. The van der Waals surface area contributed by atoms with Crippen LogP contribution in [0, 0.1) is 0 Å². The highest BCUT2D eigenvalue weighted by Crippen LogP contribution is 2.67. The number of rotatable bonds is 4. The van der Waals surface area contributed by atoms with Gasteiger partial charge in [0, 0.05) is 11.3 Å². The highest BCUT2D eigenvalue weighted by Gasteiger charge is 2.68. The van der Waals surface area contributed by atoms with Gasteiger partial charge in [-0.25, -0.2) is 14.5 Å². The van der Waals surface area contributed by atoms with Crippen LogP contribution in [-0.2, 0) is 14.9 Å². The van der Waals surface area contributed by atoms with E-state index >= 15 is 0 Å². The smallest absolute Gasteiger partial charge is 0.435 e. The fraction of sp³-hybridized carbons (Fsp3) is 0.281. The highest BCUT2D eigenvalue weighted by molar-refractivity contribution is 6.22. The Balaban J connectivity index is 1.32. The molecule has 2 atom stereocenters. The van der Waals surface area contributed by atoms with E-state index in [4.69, 9.17) is 14.2 Å². The molecule has 0 radical (unpaired) electrons. The van der Waals surface area contributed by atoms with E-state index in [-0.39, 0.29) is 18.3 Å². The number of ketones is 1. The fourth-order valence-corrected chi connectivity index (χ4v) is 6.25. The van der Waals surface area contributed by atoms with E-state index in [1.165, 1.54) is 7.11 Å². The quantitative estimate of drug-likeness (QED) is 0.305. The maximum absolute atomic E-state index is 13.7. The number of aromatic nitrogens is 2. The Labute approximate surface area is 251 Å². The molecule has 12 nitrogen and oxygen atoms in total. The Morgan fingerprint density at radius 2 is 1.91 bits per heavy atom. The minimum atomic E-state index is -1.35. The van der Waals surface area contributed by atoms with Crippen LogP contribution in [0.4, 0.5) is 26.8 Å². The van der Waals surface area contributed by atoms with Crippen LogP contribution in [0.1, 0.15) is 54.6 Å². The number of nitrogens with zero attached hydrogens (tertiary/aromatic N) is 3. The number of fused-ring (bicyclic) bond motifs is 4. The van der Waals surface area contributed by atoms with E-state index in [0.717, 1.165) is 15.1 Å². The number of nitrogens with one attached hydrogen (secondary N) is 1. The third-order valence-electron chi connectivity index (χ3n) is 8.25. The fourth-order valence-electron chi connectivity index (χ4n) is 6.25. The van der Waals surface area contributed by atoms with Gasteiger partial charge >= 0.3 is 12.2 Å². The average molecular weight is 597 g/mol. The Kier molecular flexibility index (Phi) is 5.80. The summed E-state index contributed by atoms with van der Waals surface area (Å²) in [5.41, 5.74) is 1.16. The number of ether oxygens (including phenoxy) is 3. The summed E-state index contributed by atoms with van der Waals surface area (Å²) in [6.07, 6.45) is -1.67. The van der Waals surface area contributed by atoms with Crippen LogP contribution in [0.15, 0.2) is 54.6 Å². The number of methoxy groups -OCH3 is 1. The molecule has 7 rings (SSSR count). The molecule has 2 N–H and O–H groups in total. The molecule has 1 spiro atoms. The summed E-state index contributed by atoms with van der Waals surface area (Å²) in [6, 6.07) is 15.5. The van der Waals surface area contributed by atoms with Gasteiger partial charge in [0.15, 0.2) is 18.2 Å². The molecule has 4 aromatic rings. The average Bonchev–Trinajstić information content (AvgIpc) is 3.36. The lowest BCUT2D eigenvalue weighted by atomic mass is 9.91. The summed E-state index contributed by atoms with van der Waals surface area (Å²) < 4.78 is 17.8. The number of hydrogen-bond donors (Lipinski definition) is 2. The van der Waals surface area contributed by atoms with Crippen LogP contribution in [0.25, 0.3) is 10.9 Å². The molecule has 2 aliphatic heterocycles. The van der Waals surface area contributed by atoms with E-state index in [9.17, 15) is 24.3 Å². The van der Waals surface area contributed by atoms with Crippen molar-refractivity contribution in [2.75, 3.05) is 23.9 Å². The number of Topliss-reactive ketones (excluding diaryl/α,β-unsaturated/α-hetero) is 1. The van der Waals surface area contributed by atoms with Crippen LogP contribution in [-0.4, -0.2) is 58.1 Å². The van der Waals surface area contributed by atoms with E-state index in [2.05, 4.69) is 10.4 Å². The van der Waals surface area contributed by atoms with Gasteiger partial charge in [-0.3, -0.25) is 9.59 Å². The lowest BCUT2D eigenvalue weighted by Gasteiger charge is -2.19. The third-order valence-corrected chi connectivity index (χ3v) is 8.25. The minimum Gasteiger partial charge on any atom is -0.497 e. The number of carbonyl (C=O) groups is 4. The molecular formula is C32H28N4O8. The summed E-state index contributed by atoms with van der Waals surface area (Å²) in [4.78, 5) is 52.1. The van der Waals surface area contributed by atoms with Crippen molar-refractivity contribution >= 4 is 52.0 Å². The number of imide groups is 1. The highest BCUT2D eigenvalue weighted by atomic mass is 16.6. The minimum absolute atomic E-state index is 0.0549. The number of amides is 2. The van der Waals surface area contributed by atoms with Gasteiger partial charge in [0.05, 0.1) is 35.0 Å². The number of para-hydroxylation sites is 1. The Hall–Kier alpha value is -5.39. The van der Waals surface area contributed by atoms with Crippen molar-refractivity contribution in [2.45, 2.75) is 44.1 Å². The molecular weight excluding hydrogens is 568 g/mol. The molecule has 2 amide bonds. The summed E-state index contributed by atoms with van der Waals surface area (Å²) in [5.74, 6) is 0.256. The van der Waals surface area contributed by atoms with Gasteiger partial charge in [-0.05, 0) is 80.8 Å². The summed E-state index contributed by atoms with van der Waals surface area (Å²) >= 11 is 0. The van der Waals surface area contributed by atoms with Crippen LogP contribution >= 0.6 is 0 Å². The van der Waals surface area contributed by atoms with Crippen molar-refractivity contribution in [1.82, 2.24) is 9.78 Å². The molecule has 0 unspecified atom stereocenters. The first-order valence-electron chi connectivity index (χ1n) is 14.0. The van der Waals surface area contributed by atoms with Crippen LogP contribution in [0.2, 0.25) is 0 Å². The molecule has 3 aliphatic rings. The second kappa shape index (κ2) is 9.30. The van der Waals surface area contributed by atoms with Gasteiger partial charge < -0.3 is 24.6 Å². The van der Waals surface area contributed by atoms with E-state index in [1.807, 2.05) is 6.07 Å². The monoisotopic (exact) mass is 596 g/mol. The lowest BCUT2D eigenvalue weighted by molar-refractivity contribution is -0.119. The van der Waals surface area contributed by atoms with Gasteiger partial charge in [-0.2, -0.15) is 4.68 Å². The van der Waals surface area contributed by atoms with E-state index in [0.29, 0.717) is 57.1 Å². The van der Waals surface area contributed by atoms with Gasteiger partial charge in [-0.1, -0.05) is 12.1 Å². The van der Waals surface area contributed by atoms with Crippen LogP contribution in [0.3, 0.4) is 0 Å². The zero-order chi connectivity index (χ0) is 31.1. The van der Waals surface area contributed by atoms with Gasteiger partial charge in [0.25, 0.3) is 0 Å². The lowest BCUT2D eigenvalue weighted by Crippen LogP contribution is -2.36. The molecule has 1 saturated carbocycles. The molecule has 0 saturated heterocycles. The molecule has 44 heavy (non-hydrogen) atoms. The van der Waals surface area contributed by atoms with Gasteiger partial charge in [-0.15, -0.1) is 5.10 Å². The van der Waals surface area contributed by atoms with Gasteiger partial charge in [0.2, 0.25) is 11.7 Å². The first-order valence-corrected chi connectivity index (χ1v) is 14.0. The van der Waals surface area contributed by atoms with Crippen molar-refractivity contribution in [1.29, 1.82) is 0 Å². The number of carboxylic acid groups (broad SMARTS) is 1. The van der Waals surface area contributed by atoms with Crippen LogP contribution < -0.4 is 19.7 Å². The molecule has 1 fully saturated rings. The second-order valence-corrected chi connectivity index (χ2v) is 12.1. The maximum atomic E-state index is 13.7. The predicted molar refractivity (Wildman–Crippen MR) is 158 cm³/mol. The normalized spacial score (nSPS) is 20.0. The second-order valence-electron chi connectivity index (χ2n) is 12.1. The van der Waals surface area contributed by atoms with Gasteiger partial charge in [0.1, 0.15) is 11.4 Å². The molecule has 224 valence electrons. The predicted octanol–water partition coefficient (Wildman–Crippen LogP) is 5.60. The molecule has 1 aliphatic carbocycles. The zero-order valence-corrected chi connectivity index (χ0v) is 24.3. The number of benzene rings is 3. The number of anilines is 3. The topological polar surface area (TPSA) is 149 Å². The van der Waals surface area contributed by atoms with Crippen LogP contribution in [0.5, 0.6) is 11.5 Å². The summed E-state index contributed by atoms with van der Waals surface area (Å²) in [6.45, 7) is 5.20. The van der Waals surface area contributed by atoms with Crippen molar-refractivity contribution < 1.29 is 38.5 Å². The first-order chi connectivity index (χ1) is 20.9. The maximum Gasteiger partial charge on any atom is 0.435 e. The Bertz CT molecular complexity index is 1940. The molecule has 3 heterocycles. The summed E-state index contributed by atoms with van der Waals surface area (Å²) in [7, 11) is 1.51. The Morgan fingerprint density at radius 3 is 2.64 bits per heavy atom. The number of hydrogen-bond acceptors (Lipinski definition) is 9. The molecule has 12 heteroatoms.